The Labute approximate surface area is 154 Å². The molecule has 0 saturated carbocycles. The summed E-state index contributed by atoms with van der Waals surface area (Å²) in [4.78, 5) is 0. The van der Waals surface area contributed by atoms with Crippen molar-refractivity contribution in [1.29, 1.82) is 0 Å². The minimum absolute atomic E-state index is 0. The average molecular weight is 331 g/mol. The zero-order valence-corrected chi connectivity index (χ0v) is 14.1. The molecule has 0 radical (unpaired) electrons. The van der Waals surface area contributed by atoms with E-state index in [9.17, 15) is 8.42 Å². The van der Waals surface area contributed by atoms with Crippen LogP contribution in [-0.2, 0) is 14.3 Å². The summed E-state index contributed by atoms with van der Waals surface area (Å²) < 4.78 is 27.7. The van der Waals surface area contributed by atoms with E-state index in [1.807, 2.05) is 0 Å². The van der Waals surface area contributed by atoms with Gasteiger partial charge in [-0.3, -0.25) is 4.18 Å². The van der Waals surface area contributed by atoms with Gasteiger partial charge in [0, 0.05) is 6.54 Å². The first-order valence-corrected chi connectivity index (χ1v) is 9.72. The van der Waals surface area contributed by atoms with E-state index >= 15 is 0 Å². The monoisotopic (exact) mass is 331 g/mol. The predicted molar refractivity (Wildman–Crippen MR) is 92.7 cm³/mol. The predicted octanol–water partition coefficient (Wildman–Crippen LogP) is 2.82. The Bertz CT molecular complexity index is 297. The molecule has 0 rings (SSSR count). The molecule has 124 valence electrons. The van der Waals surface area contributed by atoms with E-state index in [0.29, 0.717) is 13.2 Å². The molecule has 0 aromatic carbocycles. The molecule has 6 heteroatoms. The van der Waals surface area contributed by atoms with Crippen molar-refractivity contribution in [2.24, 2.45) is 0 Å². The van der Waals surface area contributed by atoms with Crippen molar-refractivity contribution in [3.8, 4) is 0 Å². The molecular weight excluding hydrogens is 297 g/mol. The summed E-state index contributed by atoms with van der Waals surface area (Å²) in [5.74, 6) is 0.0568. The molecule has 4 nitrogen and oxygen atoms in total. The van der Waals surface area contributed by atoms with Gasteiger partial charge in [0.15, 0.2) is 0 Å². The van der Waals surface area contributed by atoms with Crippen LogP contribution in [0.5, 0.6) is 0 Å². The summed E-state index contributed by atoms with van der Waals surface area (Å²) in [5, 5.41) is 2.81. The number of unbranched alkanes of at least 4 members (excludes halogenated alkanes) is 9. The van der Waals surface area contributed by atoms with Crippen molar-refractivity contribution >= 4 is 39.7 Å². The Morgan fingerprint density at radius 2 is 1.33 bits per heavy atom. The third kappa shape index (κ3) is 18.8. The van der Waals surface area contributed by atoms with E-state index < -0.39 is 10.1 Å². The van der Waals surface area contributed by atoms with Crippen molar-refractivity contribution in [3.63, 3.8) is 0 Å². The first-order valence-electron chi connectivity index (χ1n) is 8.14. The van der Waals surface area contributed by atoms with Crippen LogP contribution in [-0.4, -0.2) is 63.9 Å². The molecule has 0 amide bonds. The van der Waals surface area contributed by atoms with Gasteiger partial charge in [-0.2, -0.15) is 8.42 Å². The molecule has 0 fully saturated rings. The molecule has 0 aliphatic rings. The molecule has 0 aromatic heterocycles. The number of nitrogens with one attached hydrogen (secondary N) is 1. The first kappa shape index (κ1) is 24.1. The van der Waals surface area contributed by atoms with Crippen molar-refractivity contribution in [2.75, 3.05) is 26.0 Å². The summed E-state index contributed by atoms with van der Waals surface area (Å²) in [6, 6.07) is 0. The average Bonchev–Trinajstić information content (AvgIpc) is 2.42. The summed E-state index contributed by atoms with van der Waals surface area (Å²) in [7, 11) is -1.58. The van der Waals surface area contributed by atoms with E-state index in [2.05, 4.69) is 12.2 Å². The van der Waals surface area contributed by atoms with E-state index in [4.69, 9.17) is 4.18 Å². The molecular formula is C15H34NNaO3S. The molecule has 1 N–H and O–H groups in total. The number of rotatable bonds is 15. The normalized spacial score (nSPS) is 11.3. The molecule has 0 aliphatic carbocycles. The van der Waals surface area contributed by atoms with Gasteiger partial charge in [0.05, 0.1) is 12.4 Å². The SMILES string of the molecule is CCCCCCCCCCCCOS(=O)(=O)CCNC.[NaH]. The van der Waals surface area contributed by atoms with Crippen LogP contribution in [0.1, 0.15) is 71.1 Å². The van der Waals surface area contributed by atoms with Gasteiger partial charge >= 0.3 is 29.6 Å². The zero-order chi connectivity index (χ0) is 15.1. The topological polar surface area (TPSA) is 55.4 Å². The molecule has 0 aliphatic heterocycles. The van der Waals surface area contributed by atoms with Crippen molar-refractivity contribution in [2.45, 2.75) is 71.1 Å². The van der Waals surface area contributed by atoms with Gasteiger partial charge in [-0.15, -0.1) is 0 Å². The second-order valence-corrected chi connectivity index (χ2v) is 7.13. The fraction of sp³-hybridized carbons (Fsp3) is 1.00. The van der Waals surface area contributed by atoms with Crippen molar-refractivity contribution in [3.05, 3.63) is 0 Å². The summed E-state index contributed by atoms with van der Waals surface area (Å²) in [6.07, 6.45) is 12.4. The van der Waals surface area contributed by atoms with Gasteiger partial charge in [-0.1, -0.05) is 64.7 Å². The molecule has 0 saturated heterocycles. The zero-order valence-electron chi connectivity index (χ0n) is 13.3. The van der Waals surface area contributed by atoms with Crippen LogP contribution in [0.2, 0.25) is 0 Å². The Hall–Kier alpha value is 0.870. The van der Waals surface area contributed by atoms with Crippen LogP contribution in [0.15, 0.2) is 0 Å². The van der Waals surface area contributed by atoms with Crippen molar-refractivity contribution < 1.29 is 12.6 Å². The Morgan fingerprint density at radius 3 is 1.81 bits per heavy atom. The van der Waals surface area contributed by atoms with Gasteiger partial charge in [-0.25, -0.2) is 0 Å². The second kappa shape index (κ2) is 17.2. The molecule has 0 heterocycles. The van der Waals surface area contributed by atoms with Crippen LogP contribution in [0, 0.1) is 0 Å². The fourth-order valence-corrected chi connectivity index (χ4v) is 3.01. The third-order valence-corrected chi connectivity index (χ3v) is 4.59. The van der Waals surface area contributed by atoms with E-state index in [0.717, 1.165) is 12.8 Å². The second-order valence-electron chi connectivity index (χ2n) is 5.37. The molecule has 0 atom stereocenters. The van der Waals surface area contributed by atoms with Crippen molar-refractivity contribution in [1.82, 2.24) is 5.32 Å². The maximum absolute atomic E-state index is 11.4. The van der Waals surface area contributed by atoms with E-state index in [1.165, 1.54) is 51.4 Å². The summed E-state index contributed by atoms with van der Waals surface area (Å²) in [6.45, 7) is 3.02. The van der Waals surface area contributed by atoms with Crippen LogP contribution >= 0.6 is 0 Å². The Morgan fingerprint density at radius 1 is 0.857 bits per heavy atom. The van der Waals surface area contributed by atoms with Gasteiger partial charge in [-0.05, 0) is 13.5 Å². The Kier molecular flexibility index (Phi) is 19.8. The Balaban J connectivity index is 0. The molecule has 0 aromatic rings. The van der Waals surface area contributed by atoms with Crippen LogP contribution in [0.4, 0.5) is 0 Å². The van der Waals surface area contributed by atoms with E-state index in [-0.39, 0.29) is 35.3 Å². The molecule has 0 unspecified atom stereocenters. The van der Waals surface area contributed by atoms with Crippen LogP contribution < -0.4 is 5.32 Å². The van der Waals surface area contributed by atoms with Gasteiger partial charge in [0.1, 0.15) is 0 Å². The van der Waals surface area contributed by atoms with Gasteiger partial charge in [0.2, 0.25) is 0 Å². The molecule has 0 spiro atoms. The van der Waals surface area contributed by atoms with Crippen LogP contribution in [0.25, 0.3) is 0 Å². The summed E-state index contributed by atoms with van der Waals surface area (Å²) >= 11 is 0. The maximum atomic E-state index is 11.4. The number of hydrogen-bond acceptors (Lipinski definition) is 4. The minimum atomic E-state index is -3.32. The van der Waals surface area contributed by atoms with Crippen LogP contribution in [0.3, 0.4) is 0 Å². The number of hydrogen-bond donors (Lipinski definition) is 1. The molecule has 0 bridgehead atoms. The third-order valence-electron chi connectivity index (χ3n) is 3.36. The first-order chi connectivity index (χ1) is 9.62. The fourth-order valence-electron chi connectivity index (χ4n) is 2.06. The standard InChI is InChI=1S/C15H33NO3S.Na.H/c1-3-4-5-6-7-8-9-10-11-12-14-19-20(17,18)15-13-16-2;;/h16H,3-15H2,1-2H3;;. The van der Waals surface area contributed by atoms with Gasteiger partial charge < -0.3 is 5.32 Å². The quantitative estimate of drug-likeness (QED) is 0.285. The molecule has 21 heavy (non-hydrogen) atoms. The van der Waals surface area contributed by atoms with E-state index in [1.54, 1.807) is 7.05 Å². The van der Waals surface area contributed by atoms with Gasteiger partial charge in [0.25, 0.3) is 10.1 Å². The summed E-state index contributed by atoms with van der Waals surface area (Å²) in [5.41, 5.74) is 0.